The number of likely N-dealkylation sites (tertiary alicyclic amines) is 1. The quantitative estimate of drug-likeness (QED) is 0.243. The van der Waals surface area contributed by atoms with Crippen LogP contribution in [0.15, 0.2) is 18.6 Å². The number of carbonyl (C=O) groups excluding carboxylic acids is 4. The van der Waals surface area contributed by atoms with Gasteiger partial charge in [0, 0.05) is 38.3 Å². The van der Waals surface area contributed by atoms with Crippen LogP contribution in [0.4, 0.5) is 15.4 Å². The number of amides is 4. The number of nitriles is 1. The van der Waals surface area contributed by atoms with Crippen molar-refractivity contribution in [3.8, 4) is 6.07 Å². The molecule has 1 saturated heterocycles. The Bertz CT molecular complexity index is 1360. The standard InChI is InChI=1S/C27H37N9O5/c1-18-7-12-35(22(38)6-9-28)16-19(18)15-34(5)23-20-8-13-36(24(20)33-17-32-23)25(39)31-14-21(37)29-10-11-30-26(40)41-27(2,3)4/h8,13,15,17-19H,6-7,10-12,14,16H2,1-5H3,(H2-,29,30,31,37,39,40)/p+1/b34-15+/t18-,19?/m1/s1. The molecule has 1 aliphatic rings. The van der Waals surface area contributed by atoms with Crippen molar-refractivity contribution in [2.24, 2.45) is 11.8 Å². The summed E-state index contributed by atoms with van der Waals surface area (Å²) in [6.07, 6.45) is 5.05. The second-order valence-corrected chi connectivity index (χ2v) is 10.9. The van der Waals surface area contributed by atoms with E-state index >= 15 is 0 Å². The number of alkyl carbamates (subject to hydrolysis) is 1. The molecule has 3 rings (SSSR count). The number of aromatic nitrogens is 3. The molecule has 0 aliphatic carbocycles. The Labute approximate surface area is 238 Å². The van der Waals surface area contributed by atoms with Gasteiger partial charge < -0.3 is 25.6 Å². The normalized spacial score (nSPS) is 17.5. The zero-order chi connectivity index (χ0) is 30.2. The molecule has 3 N–H and O–H groups in total. The summed E-state index contributed by atoms with van der Waals surface area (Å²) in [6, 6.07) is 3.11. The summed E-state index contributed by atoms with van der Waals surface area (Å²) >= 11 is 0. The molecule has 0 spiro atoms. The van der Waals surface area contributed by atoms with Crippen molar-refractivity contribution in [1.29, 1.82) is 5.26 Å². The van der Waals surface area contributed by atoms with Gasteiger partial charge in [0.05, 0.1) is 25.9 Å². The number of hydrogen-bond donors (Lipinski definition) is 3. The Hall–Kier alpha value is -4.54. The molecule has 14 nitrogen and oxygen atoms in total. The lowest BCUT2D eigenvalue weighted by Gasteiger charge is -2.34. The highest BCUT2D eigenvalue weighted by Crippen LogP contribution is 2.25. The lowest BCUT2D eigenvalue weighted by molar-refractivity contribution is -0.405. The van der Waals surface area contributed by atoms with Gasteiger partial charge in [0.1, 0.15) is 17.4 Å². The maximum absolute atomic E-state index is 12.8. The van der Waals surface area contributed by atoms with Crippen LogP contribution in [0, 0.1) is 23.2 Å². The summed E-state index contributed by atoms with van der Waals surface area (Å²) in [5.41, 5.74) is -0.242. The van der Waals surface area contributed by atoms with Gasteiger partial charge in [0.15, 0.2) is 5.65 Å². The summed E-state index contributed by atoms with van der Waals surface area (Å²) in [6.45, 7) is 8.62. The van der Waals surface area contributed by atoms with Crippen molar-refractivity contribution in [2.45, 2.75) is 46.1 Å². The summed E-state index contributed by atoms with van der Waals surface area (Å²) in [4.78, 5) is 59.3. The van der Waals surface area contributed by atoms with Crippen LogP contribution >= 0.6 is 0 Å². The van der Waals surface area contributed by atoms with Crippen molar-refractivity contribution >= 4 is 47.0 Å². The molecule has 2 atom stereocenters. The molecule has 2 aromatic rings. The minimum Gasteiger partial charge on any atom is -0.444 e. The van der Waals surface area contributed by atoms with Gasteiger partial charge in [-0.15, -0.1) is 0 Å². The van der Waals surface area contributed by atoms with Crippen LogP contribution in [0.1, 0.15) is 40.5 Å². The molecule has 220 valence electrons. The van der Waals surface area contributed by atoms with Gasteiger partial charge in [0.2, 0.25) is 18.1 Å². The van der Waals surface area contributed by atoms with E-state index < -0.39 is 23.6 Å². The monoisotopic (exact) mass is 568 g/mol. The van der Waals surface area contributed by atoms with E-state index in [-0.39, 0.29) is 37.9 Å². The second-order valence-electron chi connectivity index (χ2n) is 10.9. The topological polar surface area (TPSA) is 174 Å². The zero-order valence-electron chi connectivity index (χ0n) is 24.1. The van der Waals surface area contributed by atoms with Gasteiger partial charge in [-0.1, -0.05) is 6.92 Å². The van der Waals surface area contributed by atoms with Gasteiger partial charge in [-0.25, -0.2) is 14.2 Å². The van der Waals surface area contributed by atoms with Gasteiger partial charge in [-0.2, -0.15) is 10.2 Å². The number of ether oxygens (including phenoxy) is 1. The molecule has 1 aliphatic heterocycles. The van der Waals surface area contributed by atoms with Crippen LogP contribution in [0.2, 0.25) is 0 Å². The average molecular weight is 569 g/mol. The van der Waals surface area contributed by atoms with E-state index in [1.54, 1.807) is 37.9 Å². The molecule has 2 aromatic heterocycles. The highest BCUT2D eigenvalue weighted by Gasteiger charge is 2.30. The predicted molar refractivity (Wildman–Crippen MR) is 150 cm³/mol. The third kappa shape index (κ3) is 8.72. The SMILES string of the molecule is C[C@@H]1CCN(C(=O)CC#N)CC1/C=[N+](\C)c1ncnc2c1ccn2C(=O)NCC(=O)NCCNC(=O)OC(C)(C)C. The predicted octanol–water partition coefficient (Wildman–Crippen LogP) is 1.37. The Kier molecular flexibility index (Phi) is 10.3. The highest BCUT2D eigenvalue weighted by atomic mass is 16.6. The smallest absolute Gasteiger partial charge is 0.407 e. The third-order valence-electron chi connectivity index (χ3n) is 6.54. The van der Waals surface area contributed by atoms with Gasteiger partial charge in [-0.05, 0) is 44.2 Å². The minimum atomic E-state index is -0.615. The molecule has 0 bridgehead atoms. The summed E-state index contributed by atoms with van der Waals surface area (Å²) in [5, 5.41) is 17.2. The van der Waals surface area contributed by atoms with Crippen LogP contribution < -0.4 is 16.0 Å². The first kappa shape index (κ1) is 31.0. The number of nitrogens with one attached hydrogen (secondary N) is 3. The fourth-order valence-corrected chi connectivity index (χ4v) is 4.42. The molecule has 1 fully saturated rings. The summed E-state index contributed by atoms with van der Waals surface area (Å²) < 4.78 is 8.29. The minimum absolute atomic E-state index is 0.0599. The maximum atomic E-state index is 12.8. The van der Waals surface area contributed by atoms with Crippen molar-refractivity contribution < 1.29 is 28.5 Å². The van der Waals surface area contributed by atoms with Crippen molar-refractivity contribution in [2.75, 3.05) is 39.8 Å². The second kappa shape index (κ2) is 13.7. The molecule has 0 radical (unpaired) electrons. The van der Waals surface area contributed by atoms with Crippen molar-refractivity contribution in [1.82, 2.24) is 35.4 Å². The number of carbonyl (C=O) groups is 4. The Morgan fingerprint density at radius 2 is 1.93 bits per heavy atom. The number of fused-ring (bicyclic) bond motifs is 1. The molecular weight excluding hydrogens is 530 g/mol. The van der Waals surface area contributed by atoms with Crippen LogP contribution in [0.25, 0.3) is 11.0 Å². The van der Waals surface area contributed by atoms with Gasteiger partial charge in [-0.3, -0.25) is 14.2 Å². The molecule has 0 saturated carbocycles. The van der Waals surface area contributed by atoms with Gasteiger partial charge in [0.25, 0.3) is 0 Å². The van der Waals surface area contributed by atoms with Crippen LogP contribution in [-0.4, -0.2) is 99.5 Å². The number of rotatable bonds is 8. The van der Waals surface area contributed by atoms with E-state index in [0.717, 1.165) is 6.42 Å². The largest absolute Gasteiger partial charge is 0.444 e. The van der Waals surface area contributed by atoms with E-state index in [9.17, 15) is 19.2 Å². The number of piperidine rings is 1. The number of nitrogens with zero attached hydrogens (tertiary/aromatic N) is 6. The first-order valence-electron chi connectivity index (χ1n) is 13.5. The van der Waals surface area contributed by atoms with E-state index in [1.807, 2.05) is 23.9 Å². The zero-order valence-corrected chi connectivity index (χ0v) is 24.1. The van der Waals surface area contributed by atoms with Crippen LogP contribution in [0.3, 0.4) is 0 Å². The highest BCUT2D eigenvalue weighted by molar-refractivity contribution is 5.94. The summed E-state index contributed by atoms with van der Waals surface area (Å²) in [7, 11) is 1.85. The molecule has 14 heteroatoms. The Morgan fingerprint density at radius 3 is 2.63 bits per heavy atom. The fourth-order valence-electron chi connectivity index (χ4n) is 4.42. The lowest BCUT2D eigenvalue weighted by Crippen LogP contribution is -2.44. The fraction of sp³-hybridized carbons (Fsp3) is 0.556. The first-order valence-corrected chi connectivity index (χ1v) is 13.5. The Morgan fingerprint density at radius 1 is 1.20 bits per heavy atom. The third-order valence-corrected chi connectivity index (χ3v) is 6.54. The first-order chi connectivity index (χ1) is 19.4. The Balaban J connectivity index is 1.59. The molecule has 0 aromatic carbocycles. The van der Waals surface area contributed by atoms with Crippen molar-refractivity contribution in [3.05, 3.63) is 18.6 Å². The molecule has 4 amide bonds. The van der Waals surface area contributed by atoms with Crippen LogP contribution in [0.5, 0.6) is 0 Å². The van der Waals surface area contributed by atoms with E-state index in [1.165, 1.54) is 10.9 Å². The molecular formula is C27H38N9O5+. The maximum Gasteiger partial charge on any atom is 0.407 e. The molecule has 1 unspecified atom stereocenters. The van der Waals surface area contributed by atoms with E-state index in [2.05, 4.69) is 32.8 Å². The van der Waals surface area contributed by atoms with E-state index in [0.29, 0.717) is 35.9 Å². The van der Waals surface area contributed by atoms with E-state index in [4.69, 9.17) is 10.00 Å². The number of hydrogen-bond acceptors (Lipinski definition) is 8. The van der Waals surface area contributed by atoms with Crippen LogP contribution in [-0.2, 0) is 14.3 Å². The lowest BCUT2D eigenvalue weighted by atomic mass is 9.87. The van der Waals surface area contributed by atoms with Crippen molar-refractivity contribution in [3.63, 3.8) is 0 Å². The average Bonchev–Trinajstić information content (AvgIpc) is 3.34. The molecule has 41 heavy (non-hydrogen) atoms. The van der Waals surface area contributed by atoms with Gasteiger partial charge >= 0.3 is 17.9 Å². The molecule has 3 heterocycles. The summed E-state index contributed by atoms with van der Waals surface area (Å²) in [5.74, 6) is 0.387.